The summed E-state index contributed by atoms with van der Waals surface area (Å²) >= 11 is 3.04. The summed E-state index contributed by atoms with van der Waals surface area (Å²) in [5.74, 6) is 0.213. The average Bonchev–Trinajstić information content (AvgIpc) is 2.60. The topological polar surface area (TPSA) is 80.7 Å². The lowest BCUT2D eigenvalue weighted by molar-refractivity contribution is 0.102. The Morgan fingerprint density at radius 3 is 2.50 bits per heavy atom. The second kappa shape index (κ2) is 8.79. The second-order valence-electron chi connectivity index (χ2n) is 5.89. The van der Waals surface area contributed by atoms with Crippen LogP contribution in [0.1, 0.15) is 35.7 Å². The lowest BCUT2D eigenvalue weighted by Crippen LogP contribution is -2.11. The zero-order valence-corrected chi connectivity index (χ0v) is 17.1. The van der Waals surface area contributed by atoms with Crippen molar-refractivity contribution in [2.45, 2.75) is 31.6 Å². The quantitative estimate of drug-likeness (QED) is 0.279. The number of rotatable bonds is 8. The molecular formula is C19H21BrO5S. The number of unbranched alkanes of at least 4 members (excludes halogenated alkanes) is 1. The molecule has 0 bridgehead atoms. The standard InChI is InChI=1S/C19H21BrO5S/c1-3-4-9-25-18-8-6-5-7-14(18)15-11-19(26(22,23)24)16(10-13(15)2)17(21)12-20/h5-8,10-11H,3-4,9,12H2,1-2H3,(H,22,23,24). The molecule has 140 valence electrons. The number of para-hydroxylation sites is 1. The molecule has 26 heavy (non-hydrogen) atoms. The van der Waals surface area contributed by atoms with E-state index in [0.29, 0.717) is 29.0 Å². The minimum absolute atomic E-state index is 0.0324. The van der Waals surface area contributed by atoms with E-state index >= 15 is 0 Å². The van der Waals surface area contributed by atoms with Crippen molar-refractivity contribution in [1.82, 2.24) is 0 Å². The number of carbonyl (C=O) groups is 1. The first-order valence-electron chi connectivity index (χ1n) is 8.23. The number of hydrogen-bond acceptors (Lipinski definition) is 4. The smallest absolute Gasteiger partial charge is 0.295 e. The molecule has 7 heteroatoms. The first-order chi connectivity index (χ1) is 12.3. The van der Waals surface area contributed by atoms with Crippen LogP contribution in [0.25, 0.3) is 11.1 Å². The zero-order valence-electron chi connectivity index (χ0n) is 14.7. The van der Waals surface area contributed by atoms with Crippen molar-refractivity contribution in [2.75, 3.05) is 11.9 Å². The maximum Gasteiger partial charge on any atom is 0.295 e. The first-order valence-corrected chi connectivity index (χ1v) is 10.8. The Labute approximate surface area is 162 Å². The van der Waals surface area contributed by atoms with Gasteiger partial charge >= 0.3 is 0 Å². The number of hydrogen-bond donors (Lipinski definition) is 1. The van der Waals surface area contributed by atoms with Gasteiger partial charge < -0.3 is 4.74 Å². The summed E-state index contributed by atoms with van der Waals surface area (Å²) in [7, 11) is -4.55. The maximum atomic E-state index is 12.1. The molecule has 0 spiro atoms. The first kappa shape index (κ1) is 20.6. The van der Waals surface area contributed by atoms with Crippen molar-refractivity contribution in [2.24, 2.45) is 0 Å². The van der Waals surface area contributed by atoms with Gasteiger partial charge in [0.1, 0.15) is 10.6 Å². The molecule has 0 amide bonds. The fraction of sp³-hybridized carbons (Fsp3) is 0.316. The second-order valence-corrected chi connectivity index (χ2v) is 7.84. The van der Waals surface area contributed by atoms with Crippen molar-refractivity contribution < 1.29 is 22.5 Å². The molecule has 0 atom stereocenters. The fourth-order valence-electron chi connectivity index (χ4n) is 2.62. The average molecular weight is 441 g/mol. The molecule has 5 nitrogen and oxygen atoms in total. The highest BCUT2D eigenvalue weighted by Gasteiger charge is 2.23. The summed E-state index contributed by atoms with van der Waals surface area (Å²) in [4.78, 5) is 11.7. The highest BCUT2D eigenvalue weighted by molar-refractivity contribution is 9.09. The summed E-state index contributed by atoms with van der Waals surface area (Å²) in [5, 5.41) is -0.0367. The molecule has 0 aliphatic rings. The van der Waals surface area contributed by atoms with Crippen LogP contribution in [0.2, 0.25) is 0 Å². The minimum atomic E-state index is -4.55. The third kappa shape index (κ3) is 4.72. The molecular weight excluding hydrogens is 420 g/mol. The molecule has 1 N–H and O–H groups in total. The van der Waals surface area contributed by atoms with Crippen LogP contribution >= 0.6 is 15.9 Å². The van der Waals surface area contributed by atoms with Crippen LogP contribution in [0.15, 0.2) is 41.3 Å². The number of aryl methyl sites for hydroxylation is 1. The van der Waals surface area contributed by atoms with E-state index in [0.717, 1.165) is 12.8 Å². The van der Waals surface area contributed by atoms with Crippen LogP contribution in [0.3, 0.4) is 0 Å². The summed E-state index contributed by atoms with van der Waals surface area (Å²) < 4.78 is 39.1. The summed E-state index contributed by atoms with van der Waals surface area (Å²) in [6.07, 6.45) is 1.90. The van der Waals surface area contributed by atoms with E-state index in [1.165, 1.54) is 12.1 Å². The highest BCUT2D eigenvalue weighted by Crippen LogP contribution is 2.35. The SMILES string of the molecule is CCCCOc1ccccc1-c1cc(S(=O)(=O)O)c(C(=O)CBr)cc1C. The molecule has 0 aliphatic heterocycles. The largest absolute Gasteiger partial charge is 0.493 e. The fourth-order valence-corrected chi connectivity index (χ4v) is 3.64. The Morgan fingerprint density at radius 2 is 1.88 bits per heavy atom. The number of ether oxygens (including phenoxy) is 1. The molecule has 0 saturated carbocycles. The van der Waals surface area contributed by atoms with Gasteiger partial charge in [-0.15, -0.1) is 0 Å². The van der Waals surface area contributed by atoms with E-state index in [1.807, 2.05) is 24.3 Å². The lowest BCUT2D eigenvalue weighted by atomic mass is 9.96. The number of ketones is 1. The van der Waals surface area contributed by atoms with Crippen molar-refractivity contribution in [1.29, 1.82) is 0 Å². The molecule has 0 unspecified atom stereocenters. The number of Topliss-reactive ketones (excluding diaryl/α,β-unsaturated/α-hetero) is 1. The van der Waals surface area contributed by atoms with E-state index < -0.39 is 20.8 Å². The number of benzene rings is 2. The molecule has 2 rings (SSSR count). The lowest BCUT2D eigenvalue weighted by Gasteiger charge is -2.16. The maximum absolute atomic E-state index is 12.1. The molecule has 0 radical (unpaired) electrons. The van der Waals surface area contributed by atoms with Gasteiger partial charge in [0.15, 0.2) is 5.78 Å². The van der Waals surface area contributed by atoms with Crippen LogP contribution in [0, 0.1) is 6.92 Å². The highest BCUT2D eigenvalue weighted by atomic mass is 79.9. The van der Waals surface area contributed by atoms with Crippen molar-refractivity contribution in [3.63, 3.8) is 0 Å². The van der Waals surface area contributed by atoms with Crippen molar-refractivity contribution >= 4 is 31.8 Å². The Morgan fingerprint density at radius 1 is 1.19 bits per heavy atom. The van der Waals surface area contributed by atoms with Gasteiger partial charge in [0.05, 0.1) is 11.9 Å². The van der Waals surface area contributed by atoms with Gasteiger partial charge in [0, 0.05) is 11.1 Å². The van der Waals surface area contributed by atoms with Crippen molar-refractivity contribution in [3.8, 4) is 16.9 Å². The van der Waals surface area contributed by atoms with Gasteiger partial charge in [-0.05, 0) is 42.7 Å². The van der Waals surface area contributed by atoms with Gasteiger partial charge in [0.25, 0.3) is 10.1 Å². The van der Waals surface area contributed by atoms with Crippen LogP contribution in [-0.4, -0.2) is 30.7 Å². The van der Waals surface area contributed by atoms with Gasteiger partial charge in [-0.1, -0.05) is 47.5 Å². The van der Waals surface area contributed by atoms with E-state index in [9.17, 15) is 17.8 Å². The van der Waals surface area contributed by atoms with Crippen molar-refractivity contribution in [3.05, 3.63) is 47.5 Å². The molecule has 2 aromatic rings. The molecule has 0 heterocycles. The Balaban J connectivity index is 2.63. The minimum Gasteiger partial charge on any atom is -0.493 e. The summed E-state index contributed by atoms with van der Waals surface area (Å²) in [5.41, 5.74) is 1.99. The van der Waals surface area contributed by atoms with Gasteiger partial charge in [0.2, 0.25) is 0 Å². The summed E-state index contributed by atoms with van der Waals surface area (Å²) in [6, 6.07) is 10.1. The Bertz CT molecular complexity index is 906. The normalized spacial score (nSPS) is 11.4. The van der Waals surface area contributed by atoms with Gasteiger partial charge in [-0.3, -0.25) is 9.35 Å². The van der Waals surface area contributed by atoms with Crippen LogP contribution in [0.5, 0.6) is 5.75 Å². The number of alkyl halides is 1. The molecule has 0 fully saturated rings. The van der Waals surface area contributed by atoms with Crippen LogP contribution in [-0.2, 0) is 10.1 Å². The van der Waals surface area contributed by atoms with E-state index in [2.05, 4.69) is 22.9 Å². The number of carbonyl (C=O) groups excluding carboxylic acids is 1. The Kier molecular flexibility index (Phi) is 6.97. The Hall–Kier alpha value is -1.70. The predicted molar refractivity (Wildman–Crippen MR) is 105 cm³/mol. The van der Waals surface area contributed by atoms with E-state index in [4.69, 9.17) is 4.74 Å². The molecule has 2 aromatic carbocycles. The van der Waals surface area contributed by atoms with Crippen LogP contribution in [0.4, 0.5) is 0 Å². The third-order valence-corrected chi connectivity index (χ3v) is 5.36. The summed E-state index contributed by atoms with van der Waals surface area (Å²) in [6.45, 7) is 4.41. The van der Waals surface area contributed by atoms with Gasteiger partial charge in [-0.2, -0.15) is 8.42 Å². The monoisotopic (exact) mass is 440 g/mol. The third-order valence-electron chi connectivity index (χ3n) is 3.96. The number of halogens is 1. The predicted octanol–water partition coefficient (Wildman–Crippen LogP) is 4.67. The molecule has 0 aromatic heterocycles. The van der Waals surface area contributed by atoms with Crippen LogP contribution < -0.4 is 4.74 Å². The zero-order chi connectivity index (χ0) is 19.3. The van der Waals surface area contributed by atoms with Gasteiger partial charge in [-0.25, -0.2) is 0 Å². The van der Waals surface area contributed by atoms with E-state index in [1.54, 1.807) is 6.92 Å². The van der Waals surface area contributed by atoms with E-state index in [-0.39, 0.29) is 10.9 Å². The molecule has 0 aliphatic carbocycles. The molecule has 0 saturated heterocycles.